The van der Waals surface area contributed by atoms with Gasteiger partial charge in [0.05, 0.1) is 0 Å². The average Bonchev–Trinajstić information content (AvgIpc) is 2.37. The Labute approximate surface area is 118 Å². The number of nitrogens with one attached hydrogen (secondary N) is 1. The number of halogens is 2. The van der Waals surface area contributed by atoms with Gasteiger partial charge in [-0.15, -0.1) is 0 Å². The Balaban J connectivity index is 2.00. The van der Waals surface area contributed by atoms with Crippen LogP contribution in [0.3, 0.4) is 0 Å². The molecule has 0 bridgehead atoms. The van der Waals surface area contributed by atoms with Gasteiger partial charge in [-0.05, 0) is 36.2 Å². The van der Waals surface area contributed by atoms with Gasteiger partial charge in [-0.3, -0.25) is 0 Å². The Morgan fingerprint density at radius 2 is 1.83 bits per heavy atom. The summed E-state index contributed by atoms with van der Waals surface area (Å²) < 4.78 is 0. The Bertz CT molecular complexity index is 525. The minimum atomic E-state index is 0.206. The van der Waals surface area contributed by atoms with Crippen molar-refractivity contribution in [3.8, 4) is 0 Å². The van der Waals surface area contributed by atoms with E-state index in [1.54, 1.807) is 0 Å². The highest BCUT2D eigenvalue weighted by atomic mass is 35.5. The maximum Gasteiger partial charge on any atom is 0.0453 e. The fourth-order valence-electron chi connectivity index (χ4n) is 1.85. The zero-order valence-electron chi connectivity index (χ0n) is 10.2. The van der Waals surface area contributed by atoms with Gasteiger partial charge in [0.2, 0.25) is 0 Å². The lowest BCUT2D eigenvalue weighted by molar-refractivity contribution is 0.575. The fourth-order valence-corrected chi connectivity index (χ4v) is 2.37. The second-order valence-corrected chi connectivity index (χ2v) is 5.10. The van der Waals surface area contributed by atoms with E-state index in [2.05, 4.69) is 18.3 Å². The highest BCUT2D eigenvalue weighted by Crippen LogP contribution is 2.22. The fraction of sp³-hybridized carbons (Fsp3) is 0.200. The number of benzene rings is 2. The summed E-state index contributed by atoms with van der Waals surface area (Å²) in [6.07, 6.45) is 0. The summed E-state index contributed by atoms with van der Waals surface area (Å²) in [5, 5.41) is 5.00. The molecule has 0 spiro atoms. The van der Waals surface area contributed by atoms with Crippen LogP contribution in [0.2, 0.25) is 10.0 Å². The predicted molar refractivity (Wildman–Crippen MR) is 78.2 cm³/mol. The van der Waals surface area contributed by atoms with Crippen LogP contribution in [0.15, 0.2) is 48.5 Å². The maximum absolute atomic E-state index is 6.16. The third kappa shape index (κ3) is 3.49. The predicted octanol–water partition coefficient (Wildman–Crippen LogP) is 4.84. The standard InChI is InChI=1S/C15H15Cl2N/c1-11(14-7-2-3-8-15(14)17)18-10-12-5-4-6-13(16)9-12/h2-9,11,18H,10H2,1H3. The second-order valence-electron chi connectivity index (χ2n) is 4.25. The molecule has 0 heterocycles. The van der Waals surface area contributed by atoms with Crippen LogP contribution in [0.5, 0.6) is 0 Å². The van der Waals surface area contributed by atoms with Crippen molar-refractivity contribution in [3.63, 3.8) is 0 Å². The van der Waals surface area contributed by atoms with Crippen LogP contribution in [-0.4, -0.2) is 0 Å². The van der Waals surface area contributed by atoms with E-state index in [0.29, 0.717) is 0 Å². The molecule has 2 rings (SSSR count). The van der Waals surface area contributed by atoms with E-state index in [9.17, 15) is 0 Å². The highest BCUT2D eigenvalue weighted by molar-refractivity contribution is 6.31. The van der Waals surface area contributed by atoms with Crippen LogP contribution in [-0.2, 0) is 6.54 Å². The van der Waals surface area contributed by atoms with Crippen molar-refractivity contribution >= 4 is 23.2 Å². The summed E-state index contributed by atoms with van der Waals surface area (Å²) in [6.45, 7) is 2.87. The molecule has 0 saturated carbocycles. The summed E-state index contributed by atoms with van der Waals surface area (Å²) in [4.78, 5) is 0. The molecule has 0 aliphatic heterocycles. The Morgan fingerprint density at radius 3 is 2.56 bits per heavy atom. The highest BCUT2D eigenvalue weighted by Gasteiger charge is 2.08. The van der Waals surface area contributed by atoms with Crippen LogP contribution in [0.4, 0.5) is 0 Å². The molecule has 2 aromatic rings. The molecule has 0 aliphatic rings. The van der Waals surface area contributed by atoms with E-state index < -0.39 is 0 Å². The van der Waals surface area contributed by atoms with Gasteiger partial charge in [-0.1, -0.05) is 53.5 Å². The van der Waals surface area contributed by atoms with Crippen LogP contribution in [0.25, 0.3) is 0 Å². The molecule has 1 unspecified atom stereocenters. The first kappa shape index (κ1) is 13.4. The van der Waals surface area contributed by atoms with Crippen molar-refractivity contribution in [2.45, 2.75) is 19.5 Å². The maximum atomic E-state index is 6.16. The molecule has 94 valence electrons. The largest absolute Gasteiger partial charge is 0.306 e. The quantitative estimate of drug-likeness (QED) is 0.844. The van der Waals surface area contributed by atoms with E-state index in [4.69, 9.17) is 23.2 Å². The SMILES string of the molecule is CC(NCc1cccc(Cl)c1)c1ccccc1Cl. The first-order valence-electron chi connectivity index (χ1n) is 5.89. The number of hydrogen-bond acceptors (Lipinski definition) is 1. The smallest absolute Gasteiger partial charge is 0.0453 e. The molecule has 0 saturated heterocycles. The lowest BCUT2D eigenvalue weighted by atomic mass is 10.1. The molecule has 1 nitrogen and oxygen atoms in total. The third-order valence-electron chi connectivity index (χ3n) is 2.87. The zero-order valence-corrected chi connectivity index (χ0v) is 11.7. The molecule has 18 heavy (non-hydrogen) atoms. The molecular formula is C15H15Cl2N. The molecule has 0 amide bonds. The van der Waals surface area contributed by atoms with Gasteiger partial charge >= 0.3 is 0 Å². The van der Waals surface area contributed by atoms with Crippen molar-refractivity contribution in [1.29, 1.82) is 0 Å². The lowest BCUT2D eigenvalue weighted by Crippen LogP contribution is -2.18. The summed E-state index contributed by atoms with van der Waals surface area (Å²) in [6, 6.07) is 16.0. The van der Waals surface area contributed by atoms with Gasteiger partial charge in [0.1, 0.15) is 0 Å². The van der Waals surface area contributed by atoms with E-state index in [1.165, 1.54) is 5.56 Å². The number of hydrogen-bond donors (Lipinski definition) is 1. The minimum absolute atomic E-state index is 0.206. The van der Waals surface area contributed by atoms with E-state index in [1.807, 2.05) is 42.5 Å². The van der Waals surface area contributed by atoms with Gasteiger partial charge in [-0.25, -0.2) is 0 Å². The molecule has 2 aromatic carbocycles. The summed E-state index contributed by atoms with van der Waals surface area (Å²) >= 11 is 12.1. The number of rotatable bonds is 4. The average molecular weight is 280 g/mol. The molecule has 3 heteroatoms. The van der Waals surface area contributed by atoms with Crippen LogP contribution < -0.4 is 5.32 Å². The first-order valence-corrected chi connectivity index (χ1v) is 6.64. The summed E-state index contributed by atoms with van der Waals surface area (Å²) in [7, 11) is 0. The normalized spacial score (nSPS) is 12.4. The minimum Gasteiger partial charge on any atom is -0.306 e. The zero-order chi connectivity index (χ0) is 13.0. The van der Waals surface area contributed by atoms with Gasteiger partial charge in [0, 0.05) is 22.6 Å². The molecule has 0 aromatic heterocycles. The second kappa shape index (κ2) is 6.24. The molecule has 0 radical (unpaired) electrons. The summed E-state index contributed by atoms with van der Waals surface area (Å²) in [5.41, 5.74) is 2.28. The molecule has 0 aliphatic carbocycles. The van der Waals surface area contributed by atoms with Crippen molar-refractivity contribution in [3.05, 3.63) is 69.7 Å². The monoisotopic (exact) mass is 279 g/mol. The van der Waals surface area contributed by atoms with Gasteiger partial charge in [0.25, 0.3) is 0 Å². The van der Waals surface area contributed by atoms with Crippen LogP contribution >= 0.6 is 23.2 Å². The first-order chi connectivity index (χ1) is 8.66. The van der Waals surface area contributed by atoms with Crippen molar-refractivity contribution in [1.82, 2.24) is 5.32 Å². The van der Waals surface area contributed by atoms with E-state index >= 15 is 0 Å². The molecule has 1 atom stereocenters. The molecule has 1 N–H and O–H groups in total. The summed E-state index contributed by atoms with van der Waals surface area (Å²) in [5.74, 6) is 0. The van der Waals surface area contributed by atoms with Gasteiger partial charge in [-0.2, -0.15) is 0 Å². The Hall–Kier alpha value is -1.02. The van der Waals surface area contributed by atoms with Crippen molar-refractivity contribution < 1.29 is 0 Å². The van der Waals surface area contributed by atoms with E-state index in [0.717, 1.165) is 22.2 Å². The van der Waals surface area contributed by atoms with Crippen molar-refractivity contribution in [2.24, 2.45) is 0 Å². The van der Waals surface area contributed by atoms with E-state index in [-0.39, 0.29) is 6.04 Å². The third-order valence-corrected chi connectivity index (χ3v) is 3.45. The van der Waals surface area contributed by atoms with Gasteiger partial charge in [0.15, 0.2) is 0 Å². The van der Waals surface area contributed by atoms with Crippen LogP contribution in [0, 0.1) is 0 Å². The Morgan fingerprint density at radius 1 is 1.06 bits per heavy atom. The van der Waals surface area contributed by atoms with Crippen LogP contribution in [0.1, 0.15) is 24.1 Å². The Kier molecular flexibility index (Phi) is 4.65. The van der Waals surface area contributed by atoms with Crippen molar-refractivity contribution in [2.75, 3.05) is 0 Å². The van der Waals surface area contributed by atoms with Gasteiger partial charge < -0.3 is 5.32 Å². The topological polar surface area (TPSA) is 12.0 Å². The molecular weight excluding hydrogens is 265 g/mol. The molecule has 0 fully saturated rings. The lowest BCUT2D eigenvalue weighted by Gasteiger charge is -2.15.